The quantitative estimate of drug-likeness (QED) is 0.760. The summed E-state index contributed by atoms with van der Waals surface area (Å²) in [6.45, 7) is 4.01. The first-order chi connectivity index (χ1) is 7.74. The van der Waals surface area contributed by atoms with Gasteiger partial charge in [-0.1, -0.05) is 18.2 Å². The minimum absolute atomic E-state index is 0.964. The summed E-state index contributed by atoms with van der Waals surface area (Å²) in [6.07, 6.45) is 7.74. The molecule has 16 heavy (non-hydrogen) atoms. The lowest BCUT2D eigenvalue weighted by molar-refractivity contribution is 1.19. The largest absolute Gasteiger partial charge is 0.261 e. The van der Waals surface area contributed by atoms with Crippen LogP contribution >= 0.6 is 0 Å². The van der Waals surface area contributed by atoms with E-state index in [-0.39, 0.29) is 0 Å². The van der Waals surface area contributed by atoms with E-state index in [1.54, 1.807) is 0 Å². The minimum atomic E-state index is 0.964. The predicted octanol–water partition coefficient (Wildman–Crippen LogP) is 3.26. The predicted molar refractivity (Wildman–Crippen MR) is 66.9 cm³/mol. The maximum absolute atomic E-state index is 4.30. The molecule has 0 aliphatic rings. The highest BCUT2D eigenvalue weighted by molar-refractivity contribution is 5.67. The maximum Gasteiger partial charge on any atom is 0.0630 e. The van der Waals surface area contributed by atoms with Gasteiger partial charge < -0.3 is 0 Å². The third-order valence-electron chi connectivity index (χ3n) is 2.32. The van der Waals surface area contributed by atoms with Crippen molar-refractivity contribution in [1.82, 2.24) is 9.97 Å². The third-order valence-corrected chi connectivity index (χ3v) is 2.32. The van der Waals surface area contributed by atoms with Crippen LogP contribution in [0.5, 0.6) is 0 Å². The zero-order valence-corrected chi connectivity index (χ0v) is 9.51. The van der Waals surface area contributed by atoms with E-state index in [0.717, 1.165) is 17.0 Å². The van der Waals surface area contributed by atoms with Crippen molar-refractivity contribution in [2.24, 2.45) is 0 Å². The van der Waals surface area contributed by atoms with Gasteiger partial charge in [0.05, 0.1) is 5.69 Å². The van der Waals surface area contributed by atoms with Crippen LogP contribution in [0.25, 0.3) is 12.2 Å². The van der Waals surface area contributed by atoms with Gasteiger partial charge in [0.2, 0.25) is 0 Å². The lowest BCUT2D eigenvalue weighted by atomic mass is 10.2. The van der Waals surface area contributed by atoms with Gasteiger partial charge in [0.15, 0.2) is 0 Å². The van der Waals surface area contributed by atoms with E-state index < -0.39 is 0 Å². The van der Waals surface area contributed by atoms with Crippen LogP contribution in [0.2, 0.25) is 0 Å². The molecule has 2 aromatic heterocycles. The molecule has 2 heteroatoms. The Kier molecular flexibility index (Phi) is 3.10. The van der Waals surface area contributed by atoms with Crippen molar-refractivity contribution in [2.75, 3.05) is 0 Å². The molecule has 2 heterocycles. The fourth-order valence-electron chi connectivity index (χ4n) is 1.34. The number of aromatic nitrogens is 2. The number of nitrogens with zero attached hydrogens (tertiary/aromatic N) is 2. The summed E-state index contributed by atoms with van der Waals surface area (Å²) < 4.78 is 0. The number of aryl methyl sites for hydroxylation is 2. The highest BCUT2D eigenvalue weighted by atomic mass is 14.7. The van der Waals surface area contributed by atoms with Crippen LogP contribution in [0.15, 0.2) is 36.7 Å². The van der Waals surface area contributed by atoms with Gasteiger partial charge in [-0.2, -0.15) is 0 Å². The van der Waals surface area contributed by atoms with Crippen molar-refractivity contribution in [3.05, 3.63) is 59.2 Å². The molecule has 0 radical (unpaired) electrons. The Morgan fingerprint density at radius 2 is 1.75 bits per heavy atom. The Hall–Kier alpha value is -1.96. The Bertz CT molecular complexity index is 434. The fourth-order valence-corrected chi connectivity index (χ4v) is 1.34. The molecular weight excluding hydrogens is 196 g/mol. The standard InChI is InChI=1S/C14H14N2/c1-11-3-7-14(16-9-11)8-6-13-5-4-12(2)15-10-13/h3-10H,1-2H3. The number of hydrogen-bond acceptors (Lipinski definition) is 2. The topological polar surface area (TPSA) is 25.8 Å². The summed E-state index contributed by atoms with van der Waals surface area (Å²) in [5.74, 6) is 0. The van der Waals surface area contributed by atoms with E-state index in [4.69, 9.17) is 0 Å². The molecule has 0 aromatic carbocycles. The van der Waals surface area contributed by atoms with Gasteiger partial charge in [-0.25, -0.2) is 0 Å². The Labute approximate surface area is 95.7 Å². The van der Waals surface area contributed by atoms with Crippen molar-refractivity contribution >= 4 is 12.2 Å². The average molecular weight is 210 g/mol. The number of rotatable bonds is 2. The van der Waals surface area contributed by atoms with Crippen molar-refractivity contribution in [2.45, 2.75) is 13.8 Å². The van der Waals surface area contributed by atoms with Gasteiger partial charge in [-0.3, -0.25) is 9.97 Å². The van der Waals surface area contributed by atoms with Crippen LogP contribution in [0, 0.1) is 13.8 Å². The van der Waals surface area contributed by atoms with Crippen molar-refractivity contribution in [1.29, 1.82) is 0 Å². The molecule has 0 saturated heterocycles. The summed E-state index contributed by atoms with van der Waals surface area (Å²) in [4.78, 5) is 8.54. The lowest BCUT2D eigenvalue weighted by Crippen LogP contribution is -1.82. The first kappa shape index (κ1) is 10.6. The molecule has 0 saturated carbocycles. The van der Waals surface area contributed by atoms with Crippen LogP contribution in [0.3, 0.4) is 0 Å². The van der Waals surface area contributed by atoms with Crippen LogP contribution in [0.4, 0.5) is 0 Å². The Morgan fingerprint density at radius 1 is 0.875 bits per heavy atom. The van der Waals surface area contributed by atoms with E-state index in [0.29, 0.717) is 0 Å². The Balaban J connectivity index is 2.15. The van der Waals surface area contributed by atoms with Crippen LogP contribution in [-0.2, 0) is 0 Å². The van der Waals surface area contributed by atoms with Gasteiger partial charge in [-0.15, -0.1) is 0 Å². The van der Waals surface area contributed by atoms with Crippen LogP contribution in [0.1, 0.15) is 22.5 Å². The second-order valence-corrected chi connectivity index (χ2v) is 3.83. The van der Waals surface area contributed by atoms with E-state index in [1.807, 2.05) is 56.6 Å². The Morgan fingerprint density at radius 3 is 2.38 bits per heavy atom. The molecule has 0 aliphatic heterocycles. The molecule has 0 N–H and O–H groups in total. The minimum Gasteiger partial charge on any atom is -0.261 e. The molecule has 2 nitrogen and oxygen atoms in total. The van der Waals surface area contributed by atoms with Crippen molar-refractivity contribution in [3.63, 3.8) is 0 Å². The van der Waals surface area contributed by atoms with E-state index in [2.05, 4.69) is 16.0 Å². The normalized spacial score (nSPS) is 10.9. The van der Waals surface area contributed by atoms with Gasteiger partial charge >= 0.3 is 0 Å². The van der Waals surface area contributed by atoms with Gasteiger partial charge in [0.25, 0.3) is 0 Å². The molecular formula is C14H14N2. The number of hydrogen-bond donors (Lipinski definition) is 0. The molecule has 0 amide bonds. The maximum atomic E-state index is 4.30. The van der Waals surface area contributed by atoms with Gasteiger partial charge in [0, 0.05) is 18.1 Å². The first-order valence-electron chi connectivity index (χ1n) is 5.27. The summed E-state index contributed by atoms with van der Waals surface area (Å²) >= 11 is 0. The molecule has 0 fully saturated rings. The molecule has 0 unspecified atom stereocenters. The third kappa shape index (κ3) is 2.76. The molecule has 2 aromatic rings. The lowest BCUT2D eigenvalue weighted by Gasteiger charge is -1.95. The summed E-state index contributed by atoms with van der Waals surface area (Å²) in [5, 5.41) is 0. The number of pyridine rings is 2. The monoisotopic (exact) mass is 210 g/mol. The van der Waals surface area contributed by atoms with Gasteiger partial charge in [-0.05, 0) is 43.2 Å². The average Bonchev–Trinajstić information content (AvgIpc) is 2.30. The molecule has 0 aliphatic carbocycles. The zero-order valence-electron chi connectivity index (χ0n) is 9.51. The van der Waals surface area contributed by atoms with Crippen LogP contribution < -0.4 is 0 Å². The summed E-state index contributed by atoms with van der Waals surface area (Å²) in [6, 6.07) is 8.11. The first-order valence-corrected chi connectivity index (χ1v) is 5.27. The van der Waals surface area contributed by atoms with Crippen LogP contribution in [-0.4, -0.2) is 9.97 Å². The smallest absolute Gasteiger partial charge is 0.0630 e. The van der Waals surface area contributed by atoms with E-state index in [1.165, 1.54) is 5.56 Å². The second-order valence-electron chi connectivity index (χ2n) is 3.83. The summed E-state index contributed by atoms with van der Waals surface area (Å²) in [5.41, 5.74) is 4.26. The van der Waals surface area contributed by atoms with E-state index in [9.17, 15) is 0 Å². The zero-order chi connectivity index (χ0) is 11.4. The van der Waals surface area contributed by atoms with Crippen molar-refractivity contribution in [3.8, 4) is 0 Å². The SMILES string of the molecule is Cc1ccc(C=Cc2ccc(C)nc2)nc1. The molecule has 2 rings (SSSR count). The molecule has 0 bridgehead atoms. The molecule has 0 atom stereocenters. The highest BCUT2D eigenvalue weighted by Crippen LogP contribution is 2.06. The highest BCUT2D eigenvalue weighted by Gasteiger charge is 1.90. The van der Waals surface area contributed by atoms with Gasteiger partial charge in [0.1, 0.15) is 0 Å². The van der Waals surface area contributed by atoms with Crippen molar-refractivity contribution < 1.29 is 0 Å². The molecule has 80 valence electrons. The summed E-state index contributed by atoms with van der Waals surface area (Å²) in [7, 11) is 0. The molecule has 0 spiro atoms. The second kappa shape index (κ2) is 4.71. The fraction of sp³-hybridized carbons (Fsp3) is 0.143. The van der Waals surface area contributed by atoms with E-state index >= 15 is 0 Å².